The first-order valence-electron chi connectivity index (χ1n) is 10.9. The van der Waals surface area contributed by atoms with Gasteiger partial charge in [-0.05, 0) is 51.4 Å². The summed E-state index contributed by atoms with van der Waals surface area (Å²) in [5, 5.41) is 3.15. The van der Waals surface area contributed by atoms with Crippen molar-refractivity contribution < 1.29 is 26.8 Å². The van der Waals surface area contributed by atoms with Crippen LogP contribution in [0.5, 0.6) is 0 Å². The highest BCUT2D eigenvalue weighted by atomic mass is 32.2. The van der Waals surface area contributed by atoms with E-state index in [1.54, 1.807) is 12.1 Å². The first-order valence-corrected chi connectivity index (χ1v) is 12.7. The molecule has 0 fully saturated rings. The first kappa shape index (κ1) is 24.2. The number of ether oxygens (including phenoxy) is 1. The molecule has 0 saturated heterocycles. The predicted octanol–water partition coefficient (Wildman–Crippen LogP) is 3.39. The Kier molecular flexibility index (Phi) is 6.41. The Morgan fingerprint density at radius 1 is 1.24 bits per heavy atom. The van der Waals surface area contributed by atoms with Crippen LogP contribution in [0.2, 0.25) is 0 Å². The quantitative estimate of drug-likeness (QED) is 0.591. The Morgan fingerprint density at radius 3 is 2.50 bits per heavy atom. The molecule has 2 atom stereocenters. The van der Waals surface area contributed by atoms with E-state index in [4.69, 9.17) is 9.15 Å². The number of anilines is 1. The van der Waals surface area contributed by atoms with Gasteiger partial charge in [0.15, 0.2) is 0 Å². The summed E-state index contributed by atoms with van der Waals surface area (Å²) in [6.07, 6.45) is 0.371. The topological polar surface area (TPSA) is 92.1 Å². The maximum absolute atomic E-state index is 13.5. The van der Waals surface area contributed by atoms with Gasteiger partial charge in [0.25, 0.3) is 5.91 Å². The molecule has 1 aliphatic heterocycles. The van der Waals surface area contributed by atoms with Gasteiger partial charge in [-0.2, -0.15) is 0 Å². The number of carbonyl (C=O) groups excluding carboxylic acids is 1. The molecule has 1 amide bonds. The van der Waals surface area contributed by atoms with E-state index in [1.165, 1.54) is 35.6 Å². The van der Waals surface area contributed by atoms with E-state index in [9.17, 15) is 17.6 Å². The third kappa shape index (κ3) is 4.53. The highest BCUT2D eigenvalue weighted by Crippen LogP contribution is 2.42. The van der Waals surface area contributed by atoms with Crippen molar-refractivity contribution in [2.24, 2.45) is 0 Å². The molecular formula is C24H28FN3O5S. The molecule has 1 N–H and O–H groups in total. The number of furan rings is 1. The second-order valence-corrected chi connectivity index (χ2v) is 10.7. The minimum atomic E-state index is -3.63. The molecule has 10 heteroatoms. The number of sulfonamides is 1. The monoisotopic (exact) mass is 489 g/mol. The average molecular weight is 490 g/mol. The second-order valence-electron chi connectivity index (χ2n) is 8.76. The second kappa shape index (κ2) is 9.01. The number of nitrogens with zero attached hydrogens (tertiary/aromatic N) is 2. The van der Waals surface area contributed by atoms with Crippen molar-refractivity contribution in [3.8, 4) is 11.3 Å². The molecule has 1 aliphatic rings. The van der Waals surface area contributed by atoms with Crippen LogP contribution in [-0.4, -0.2) is 65.8 Å². The third-order valence-corrected chi connectivity index (χ3v) is 6.99. The molecule has 0 saturated carbocycles. The van der Waals surface area contributed by atoms with Crippen LogP contribution in [0.4, 0.5) is 10.1 Å². The molecular weight excluding hydrogens is 461 g/mol. The van der Waals surface area contributed by atoms with Crippen LogP contribution >= 0.6 is 0 Å². The van der Waals surface area contributed by atoms with E-state index in [1.807, 2.05) is 25.9 Å². The molecule has 1 aromatic heterocycles. The molecule has 0 bridgehead atoms. The van der Waals surface area contributed by atoms with Crippen LogP contribution in [0.25, 0.3) is 22.3 Å². The molecule has 2 unspecified atom stereocenters. The van der Waals surface area contributed by atoms with Crippen molar-refractivity contribution in [3.05, 3.63) is 53.3 Å². The summed E-state index contributed by atoms with van der Waals surface area (Å²) in [6.45, 7) is 2.55. The molecule has 182 valence electrons. The fraction of sp³-hybridized carbons (Fsp3) is 0.375. The number of carbonyl (C=O) groups is 1. The van der Waals surface area contributed by atoms with Gasteiger partial charge in [-0.3, -0.25) is 9.10 Å². The number of benzene rings is 2. The van der Waals surface area contributed by atoms with Crippen LogP contribution < -0.4 is 9.62 Å². The van der Waals surface area contributed by atoms with Gasteiger partial charge in [0.2, 0.25) is 10.0 Å². The number of halogens is 1. The fourth-order valence-electron chi connectivity index (χ4n) is 4.36. The molecule has 8 nitrogen and oxygen atoms in total. The Bertz CT molecular complexity index is 1330. The lowest BCUT2D eigenvalue weighted by molar-refractivity contribution is -0.00546. The van der Waals surface area contributed by atoms with Gasteiger partial charge in [-0.25, -0.2) is 12.8 Å². The Labute approximate surface area is 198 Å². The SMILES string of the molecule is CNC(=O)c1c(-c2ccc(F)cc2)oc2cc3c(cc12)C(C)OC(CN(C)C)CN3S(C)(=O)=O. The molecule has 0 radical (unpaired) electrons. The van der Waals surface area contributed by atoms with Gasteiger partial charge >= 0.3 is 0 Å². The molecule has 0 aliphatic carbocycles. The highest BCUT2D eigenvalue weighted by Gasteiger charge is 2.34. The minimum absolute atomic E-state index is 0.147. The molecule has 3 aromatic rings. The Hall–Kier alpha value is -2.95. The normalized spacial score (nSPS) is 18.7. The van der Waals surface area contributed by atoms with Crippen molar-refractivity contribution in [1.82, 2.24) is 10.2 Å². The van der Waals surface area contributed by atoms with Crippen LogP contribution in [-0.2, 0) is 14.8 Å². The van der Waals surface area contributed by atoms with Crippen LogP contribution in [0, 0.1) is 5.82 Å². The van der Waals surface area contributed by atoms with E-state index in [2.05, 4.69) is 5.32 Å². The maximum atomic E-state index is 13.5. The van der Waals surface area contributed by atoms with E-state index >= 15 is 0 Å². The molecule has 4 rings (SSSR count). The fourth-order valence-corrected chi connectivity index (χ4v) is 5.31. The van der Waals surface area contributed by atoms with Crippen molar-refractivity contribution in [3.63, 3.8) is 0 Å². The largest absolute Gasteiger partial charge is 0.455 e. The van der Waals surface area contributed by atoms with Crippen molar-refractivity contribution in [2.75, 3.05) is 44.8 Å². The standard InChI is InChI=1S/C24H28FN3O5S/c1-14-18-10-19-21(11-20(18)28(34(5,30)31)13-17(32-14)12-27(3)4)33-23(22(19)24(29)26-2)15-6-8-16(25)9-7-15/h6-11,14,17H,12-13H2,1-5H3,(H,26,29). The van der Waals surface area contributed by atoms with Crippen LogP contribution in [0.3, 0.4) is 0 Å². The zero-order valence-corrected chi connectivity index (χ0v) is 20.6. The highest BCUT2D eigenvalue weighted by molar-refractivity contribution is 7.92. The van der Waals surface area contributed by atoms with E-state index in [-0.39, 0.29) is 24.3 Å². The number of hydrogen-bond donors (Lipinski definition) is 1. The number of nitrogens with one attached hydrogen (secondary N) is 1. The van der Waals surface area contributed by atoms with E-state index in [0.717, 1.165) is 6.26 Å². The minimum Gasteiger partial charge on any atom is -0.455 e. The molecule has 2 heterocycles. The van der Waals surface area contributed by atoms with Crippen molar-refractivity contribution in [1.29, 1.82) is 0 Å². The lowest BCUT2D eigenvalue weighted by atomic mass is 10.0. The van der Waals surface area contributed by atoms with E-state index < -0.39 is 21.9 Å². The summed E-state index contributed by atoms with van der Waals surface area (Å²) in [4.78, 5) is 14.8. The third-order valence-electron chi connectivity index (χ3n) is 5.84. The summed E-state index contributed by atoms with van der Waals surface area (Å²) in [5.41, 5.74) is 2.26. The molecule has 0 spiro atoms. The zero-order valence-electron chi connectivity index (χ0n) is 19.8. The van der Waals surface area contributed by atoms with Gasteiger partial charge in [0.1, 0.15) is 17.2 Å². The summed E-state index contributed by atoms with van der Waals surface area (Å²) in [7, 11) is 1.68. The zero-order chi connectivity index (χ0) is 24.8. The van der Waals surface area contributed by atoms with Crippen LogP contribution in [0.1, 0.15) is 28.9 Å². The van der Waals surface area contributed by atoms with Gasteiger partial charge in [-0.15, -0.1) is 0 Å². The summed E-state index contributed by atoms with van der Waals surface area (Å²) in [6, 6.07) is 9.04. The summed E-state index contributed by atoms with van der Waals surface area (Å²) < 4.78 is 52.7. The predicted molar refractivity (Wildman–Crippen MR) is 129 cm³/mol. The first-order chi connectivity index (χ1) is 16.0. The lowest BCUT2D eigenvalue weighted by Gasteiger charge is -2.26. The number of hydrogen-bond acceptors (Lipinski definition) is 6. The van der Waals surface area contributed by atoms with E-state index in [0.29, 0.717) is 39.9 Å². The number of amides is 1. The van der Waals surface area contributed by atoms with Gasteiger partial charge in [0.05, 0.1) is 36.3 Å². The van der Waals surface area contributed by atoms with Gasteiger partial charge in [0, 0.05) is 36.2 Å². The van der Waals surface area contributed by atoms with Crippen LogP contribution in [0.15, 0.2) is 40.8 Å². The van der Waals surface area contributed by atoms with Gasteiger partial charge < -0.3 is 19.4 Å². The smallest absolute Gasteiger partial charge is 0.255 e. The summed E-state index contributed by atoms with van der Waals surface area (Å²) >= 11 is 0. The van der Waals surface area contributed by atoms with Crippen molar-refractivity contribution >= 4 is 32.6 Å². The summed E-state index contributed by atoms with van der Waals surface area (Å²) in [5.74, 6) is -0.500. The Balaban J connectivity index is 1.96. The number of fused-ring (bicyclic) bond motifs is 2. The molecule has 34 heavy (non-hydrogen) atoms. The maximum Gasteiger partial charge on any atom is 0.255 e. The number of likely N-dealkylation sites (N-methyl/N-ethyl adjacent to an activating group) is 1. The molecule has 2 aromatic carbocycles. The van der Waals surface area contributed by atoms with Gasteiger partial charge in [-0.1, -0.05) is 0 Å². The lowest BCUT2D eigenvalue weighted by Crippen LogP contribution is -2.41. The average Bonchev–Trinajstić information content (AvgIpc) is 3.06. The Morgan fingerprint density at radius 2 is 1.91 bits per heavy atom. The number of rotatable bonds is 5. The van der Waals surface area contributed by atoms with Crippen molar-refractivity contribution in [2.45, 2.75) is 19.1 Å².